The maximum atomic E-state index is 11.7. The smallest absolute Gasteiger partial charge is 0.259 e. The van der Waals surface area contributed by atoms with E-state index in [-0.39, 0.29) is 10.9 Å². The van der Waals surface area contributed by atoms with Gasteiger partial charge in [-0.3, -0.25) is 10.1 Å². The third-order valence-electron chi connectivity index (χ3n) is 1.70. The number of thiocarbonyl (C=S) groups is 1. The predicted octanol–water partition coefficient (Wildman–Crippen LogP) is 0.661. The number of aliphatic imine (C=N–C) groups is 1. The molecule has 1 amide bonds. The molecule has 0 aliphatic carbocycles. The first-order valence-corrected chi connectivity index (χ1v) is 4.92. The van der Waals surface area contributed by atoms with Crippen LogP contribution in [0.2, 0.25) is 0 Å². The van der Waals surface area contributed by atoms with Gasteiger partial charge in [-0.1, -0.05) is 12.1 Å². The summed E-state index contributed by atoms with van der Waals surface area (Å²) in [6, 6.07) is 6.69. The quantitative estimate of drug-likeness (QED) is 0.289. The maximum Gasteiger partial charge on any atom is 0.259 e. The summed E-state index contributed by atoms with van der Waals surface area (Å²) in [5.41, 5.74) is 11.7. The Bertz CT molecular complexity index is 452. The van der Waals surface area contributed by atoms with Gasteiger partial charge in [-0.25, -0.2) is 4.99 Å². The highest BCUT2D eigenvalue weighted by Gasteiger charge is 2.09. The molecule has 6 heteroatoms. The van der Waals surface area contributed by atoms with Crippen LogP contribution in [0.1, 0.15) is 17.3 Å². The number of anilines is 1. The molecule has 0 spiro atoms. The molecule has 1 rings (SSSR count). The number of rotatable bonds is 1. The Morgan fingerprint density at radius 3 is 2.62 bits per heavy atom. The van der Waals surface area contributed by atoms with Crippen molar-refractivity contribution in [2.24, 2.45) is 10.7 Å². The average Bonchev–Trinajstić information content (AvgIpc) is 2.16. The van der Waals surface area contributed by atoms with Crippen LogP contribution in [0.4, 0.5) is 5.69 Å². The molecule has 0 unspecified atom stereocenters. The average molecular weight is 236 g/mol. The van der Waals surface area contributed by atoms with Crippen LogP contribution >= 0.6 is 12.2 Å². The van der Waals surface area contributed by atoms with Gasteiger partial charge in [0.15, 0.2) is 0 Å². The summed E-state index contributed by atoms with van der Waals surface area (Å²) in [7, 11) is 0. The van der Waals surface area contributed by atoms with E-state index in [0.29, 0.717) is 11.3 Å². The maximum absolute atomic E-state index is 11.7. The van der Waals surface area contributed by atoms with Gasteiger partial charge in [-0.15, -0.1) is 0 Å². The van der Waals surface area contributed by atoms with Crippen molar-refractivity contribution in [3.63, 3.8) is 0 Å². The molecule has 1 aromatic rings. The Morgan fingerprint density at radius 2 is 2.06 bits per heavy atom. The number of nitrogen functional groups attached to an aromatic ring is 1. The lowest BCUT2D eigenvalue weighted by atomic mass is 10.2. The van der Waals surface area contributed by atoms with Crippen LogP contribution in [-0.4, -0.2) is 16.9 Å². The Kier molecular flexibility index (Phi) is 3.96. The summed E-state index contributed by atoms with van der Waals surface area (Å²) in [6.45, 7) is 1.58. The molecule has 0 heterocycles. The van der Waals surface area contributed by atoms with E-state index < -0.39 is 5.91 Å². The molecule has 0 bridgehead atoms. The fourth-order valence-electron chi connectivity index (χ4n) is 1.06. The number of nitrogens with two attached hydrogens (primary N) is 2. The van der Waals surface area contributed by atoms with Crippen molar-refractivity contribution < 1.29 is 4.79 Å². The number of carbonyl (C=O) groups excluding carboxylic acids is 1. The van der Waals surface area contributed by atoms with Gasteiger partial charge in [-0.2, -0.15) is 0 Å². The highest BCUT2D eigenvalue weighted by Crippen LogP contribution is 2.09. The van der Waals surface area contributed by atoms with Crippen LogP contribution in [0.5, 0.6) is 0 Å². The van der Waals surface area contributed by atoms with Crippen LogP contribution in [0.3, 0.4) is 0 Å². The van der Waals surface area contributed by atoms with Crippen LogP contribution < -0.4 is 16.8 Å². The number of amides is 1. The lowest BCUT2D eigenvalue weighted by Crippen LogP contribution is -2.29. The predicted molar refractivity (Wildman–Crippen MR) is 68.2 cm³/mol. The van der Waals surface area contributed by atoms with Crippen LogP contribution in [-0.2, 0) is 0 Å². The van der Waals surface area contributed by atoms with Crippen molar-refractivity contribution >= 4 is 34.8 Å². The number of hydrogen-bond acceptors (Lipinski definition) is 3. The van der Waals surface area contributed by atoms with Crippen molar-refractivity contribution in [2.75, 3.05) is 5.73 Å². The van der Waals surface area contributed by atoms with Crippen LogP contribution in [0.25, 0.3) is 0 Å². The number of nitrogens with zero attached hydrogens (tertiary/aromatic N) is 1. The SMILES string of the molecule is CC(N)=NC(=S)NC(=O)c1ccccc1N. The third-order valence-corrected chi connectivity index (χ3v) is 1.90. The first kappa shape index (κ1) is 12.1. The highest BCUT2D eigenvalue weighted by atomic mass is 32.1. The van der Waals surface area contributed by atoms with Crippen molar-refractivity contribution in [1.82, 2.24) is 5.32 Å². The zero-order valence-electron chi connectivity index (χ0n) is 8.73. The van der Waals surface area contributed by atoms with Crippen LogP contribution in [0, 0.1) is 0 Å². The first-order chi connectivity index (χ1) is 7.50. The third kappa shape index (κ3) is 3.32. The number of hydrogen-bond donors (Lipinski definition) is 3. The summed E-state index contributed by atoms with van der Waals surface area (Å²) in [5, 5.41) is 2.43. The summed E-state index contributed by atoms with van der Waals surface area (Å²) < 4.78 is 0. The van der Waals surface area contributed by atoms with E-state index >= 15 is 0 Å². The molecule has 84 valence electrons. The summed E-state index contributed by atoms with van der Waals surface area (Å²) in [6.07, 6.45) is 0. The Morgan fingerprint density at radius 1 is 1.44 bits per heavy atom. The molecule has 1 aromatic carbocycles. The first-order valence-electron chi connectivity index (χ1n) is 4.51. The van der Waals surface area contributed by atoms with E-state index in [0.717, 1.165) is 0 Å². The minimum atomic E-state index is -0.395. The van der Waals surface area contributed by atoms with Crippen molar-refractivity contribution in [2.45, 2.75) is 6.92 Å². The zero-order valence-corrected chi connectivity index (χ0v) is 9.54. The summed E-state index contributed by atoms with van der Waals surface area (Å²) in [4.78, 5) is 15.4. The molecule has 5 nitrogen and oxygen atoms in total. The molecule has 0 aliphatic heterocycles. The van der Waals surface area contributed by atoms with Crippen LogP contribution in [0.15, 0.2) is 29.3 Å². The monoisotopic (exact) mass is 236 g/mol. The molecule has 0 saturated heterocycles. The summed E-state index contributed by atoms with van der Waals surface area (Å²) >= 11 is 4.81. The molecule has 5 N–H and O–H groups in total. The second-order valence-electron chi connectivity index (χ2n) is 3.10. The van der Waals surface area contributed by atoms with E-state index in [1.54, 1.807) is 31.2 Å². The molecule has 0 radical (unpaired) electrons. The number of benzene rings is 1. The normalized spacial score (nSPS) is 10.9. The molecule has 0 saturated carbocycles. The van der Waals surface area contributed by atoms with Gasteiger partial charge in [0, 0.05) is 5.69 Å². The van der Waals surface area contributed by atoms with Gasteiger partial charge in [0.05, 0.1) is 11.4 Å². The van der Waals surface area contributed by atoms with Gasteiger partial charge in [-0.05, 0) is 31.3 Å². The topological polar surface area (TPSA) is 93.5 Å². The summed E-state index contributed by atoms with van der Waals surface area (Å²) in [5.74, 6) is -0.112. The van der Waals surface area contributed by atoms with Gasteiger partial charge < -0.3 is 11.5 Å². The van der Waals surface area contributed by atoms with E-state index in [2.05, 4.69) is 10.3 Å². The number of amidine groups is 1. The highest BCUT2D eigenvalue weighted by molar-refractivity contribution is 7.80. The standard InChI is InChI=1S/C10H12N4OS/c1-6(11)13-10(16)14-9(15)7-4-2-3-5-8(7)12/h2-5H,12H2,1H3,(H3,11,13,14,15,16). The van der Waals surface area contributed by atoms with E-state index in [1.165, 1.54) is 0 Å². The minimum absolute atomic E-state index is 0.0215. The Balaban J connectivity index is 2.78. The van der Waals surface area contributed by atoms with E-state index in [1.807, 2.05) is 0 Å². The van der Waals surface area contributed by atoms with E-state index in [9.17, 15) is 4.79 Å². The van der Waals surface area contributed by atoms with Crippen molar-refractivity contribution in [3.05, 3.63) is 29.8 Å². The van der Waals surface area contributed by atoms with Gasteiger partial charge >= 0.3 is 0 Å². The van der Waals surface area contributed by atoms with Gasteiger partial charge in [0.1, 0.15) is 0 Å². The number of nitrogens with one attached hydrogen (secondary N) is 1. The fraction of sp³-hybridized carbons (Fsp3) is 0.100. The van der Waals surface area contributed by atoms with Crippen molar-refractivity contribution in [3.8, 4) is 0 Å². The van der Waals surface area contributed by atoms with Gasteiger partial charge in [0.25, 0.3) is 5.91 Å². The number of carbonyl (C=O) groups is 1. The second-order valence-corrected chi connectivity index (χ2v) is 3.49. The minimum Gasteiger partial charge on any atom is -0.398 e. The molecule has 0 aliphatic rings. The lowest BCUT2D eigenvalue weighted by molar-refractivity contribution is 0.0978. The molecular formula is C10H12N4OS. The zero-order chi connectivity index (χ0) is 12.1. The Labute approximate surface area is 98.5 Å². The fourth-order valence-corrected chi connectivity index (χ4v) is 1.29. The lowest BCUT2D eigenvalue weighted by Gasteiger charge is -2.05. The van der Waals surface area contributed by atoms with Crippen molar-refractivity contribution in [1.29, 1.82) is 0 Å². The molecule has 0 atom stereocenters. The Hall–Kier alpha value is -1.95. The molecule has 0 aromatic heterocycles. The largest absolute Gasteiger partial charge is 0.398 e. The molecular weight excluding hydrogens is 224 g/mol. The second kappa shape index (κ2) is 5.22. The van der Waals surface area contributed by atoms with Gasteiger partial charge in [0.2, 0.25) is 5.11 Å². The number of para-hydroxylation sites is 1. The molecule has 16 heavy (non-hydrogen) atoms. The molecule has 0 fully saturated rings. The van der Waals surface area contributed by atoms with E-state index in [4.69, 9.17) is 23.7 Å².